The van der Waals surface area contributed by atoms with E-state index < -0.39 is 0 Å². The molecular weight excluding hydrogens is 298 g/mol. The van der Waals surface area contributed by atoms with Crippen LogP contribution >= 0.6 is 0 Å². The highest BCUT2D eigenvalue weighted by molar-refractivity contribution is 5.97. The summed E-state index contributed by atoms with van der Waals surface area (Å²) in [5.74, 6) is 1.48. The molecule has 0 aliphatic carbocycles. The molecule has 1 aromatic heterocycles. The molecule has 0 bridgehead atoms. The number of amides is 1. The number of oxazole rings is 1. The van der Waals surface area contributed by atoms with Crippen LogP contribution in [0.4, 0.5) is 0 Å². The molecule has 1 aliphatic heterocycles. The minimum atomic E-state index is -0.263. The van der Waals surface area contributed by atoms with Crippen LogP contribution in [-0.2, 0) is 0 Å². The number of hydrogen-bond donors (Lipinski definition) is 2. The summed E-state index contributed by atoms with van der Waals surface area (Å²) in [5.41, 5.74) is 6.41. The average molecular weight is 317 g/mol. The van der Waals surface area contributed by atoms with Gasteiger partial charge in [0.25, 0.3) is 5.91 Å². The van der Waals surface area contributed by atoms with E-state index in [2.05, 4.69) is 10.3 Å². The number of nitrogens with zero attached hydrogens (tertiary/aromatic N) is 1. The molecule has 0 fully saturated rings. The van der Waals surface area contributed by atoms with Gasteiger partial charge in [-0.25, -0.2) is 4.98 Å². The Hall–Kier alpha value is -2.54. The third-order valence-electron chi connectivity index (χ3n) is 3.50. The van der Waals surface area contributed by atoms with Crippen LogP contribution < -0.4 is 20.5 Å². The van der Waals surface area contributed by atoms with E-state index in [4.69, 9.17) is 19.6 Å². The number of fused-ring (bicyclic) bond motifs is 1. The lowest BCUT2D eigenvalue weighted by molar-refractivity contribution is 0.0949. The first kappa shape index (κ1) is 15.4. The number of carbonyl (C=O) groups excluding carboxylic acids is 1. The molecule has 0 unspecified atom stereocenters. The Labute approximate surface area is 133 Å². The summed E-state index contributed by atoms with van der Waals surface area (Å²) in [6, 6.07) is 5.41. The average Bonchev–Trinajstić information content (AvgIpc) is 3.08. The zero-order chi connectivity index (χ0) is 16.1. The van der Waals surface area contributed by atoms with Crippen molar-refractivity contribution in [1.29, 1.82) is 0 Å². The molecule has 0 saturated heterocycles. The fourth-order valence-corrected chi connectivity index (χ4v) is 2.35. The quantitative estimate of drug-likeness (QED) is 0.785. The molecule has 122 valence electrons. The van der Waals surface area contributed by atoms with Gasteiger partial charge in [-0.05, 0) is 37.6 Å². The highest BCUT2D eigenvalue weighted by Crippen LogP contribution is 2.35. The highest BCUT2D eigenvalue weighted by atomic mass is 16.6. The second kappa shape index (κ2) is 7.15. The molecule has 7 heteroatoms. The fourth-order valence-electron chi connectivity index (χ4n) is 2.35. The summed E-state index contributed by atoms with van der Waals surface area (Å²) in [7, 11) is 0. The summed E-state index contributed by atoms with van der Waals surface area (Å²) in [6.45, 7) is 2.21. The van der Waals surface area contributed by atoms with Crippen LogP contribution in [0.5, 0.6) is 11.5 Å². The second-order valence-corrected chi connectivity index (χ2v) is 5.14. The van der Waals surface area contributed by atoms with Crippen LogP contribution in [0.25, 0.3) is 11.3 Å². The molecule has 0 radical (unpaired) electrons. The number of benzene rings is 1. The summed E-state index contributed by atoms with van der Waals surface area (Å²) in [4.78, 5) is 16.3. The molecule has 3 N–H and O–H groups in total. The minimum absolute atomic E-state index is 0.259. The number of unbranched alkanes of at least 4 members (excludes halogenated alkanes) is 1. The molecule has 0 spiro atoms. The van der Waals surface area contributed by atoms with Gasteiger partial charge in [0.05, 0.1) is 0 Å². The summed E-state index contributed by atoms with van der Waals surface area (Å²) >= 11 is 0. The van der Waals surface area contributed by atoms with Crippen LogP contribution in [0.1, 0.15) is 23.3 Å². The van der Waals surface area contributed by atoms with Crippen molar-refractivity contribution in [2.45, 2.75) is 12.8 Å². The Morgan fingerprint density at radius 1 is 1.22 bits per heavy atom. The fraction of sp³-hybridized carbons (Fsp3) is 0.375. The first-order valence-electron chi connectivity index (χ1n) is 7.61. The number of rotatable bonds is 6. The lowest BCUT2D eigenvalue weighted by Gasteiger charge is -2.18. The first-order chi connectivity index (χ1) is 11.3. The smallest absolute Gasteiger partial charge is 0.273 e. The Morgan fingerprint density at radius 3 is 2.87 bits per heavy atom. The van der Waals surface area contributed by atoms with Gasteiger partial charge in [-0.2, -0.15) is 0 Å². The number of hydrogen-bond acceptors (Lipinski definition) is 6. The Bertz CT molecular complexity index is 684. The Balaban J connectivity index is 1.76. The van der Waals surface area contributed by atoms with Gasteiger partial charge in [-0.3, -0.25) is 4.79 Å². The van der Waals surface area contributed by atoms with Gasteiger partial charge >= 0.3 is 0 Å². The number of nitrogens with one attached hydrogen (secondary N) is 1. The third kappa shape index (κ3) is 3.45. The minimum Gasteiger partial charge on any atom is -0.486 e. The number of ether oxygens (including phenoxy) is 2. The molecule has 7 nitrogen and oxygen atoms in total. The van der Waals surface area contributed by atoms with Crippen molar-refractivity contribution in [3.05, 3.63) is 30.3 Å². The zero-order valence-electron chi connectivity index (χ0n) is 12.7. The van der Waals surface area contributed by atoms with Crippen molar-refractivity contribution < 1.29 is 18.7 Å². The largest absolute Gasteiger partial charge is 0.486 e. The number of aromatic nitrogens is 1. The maximum absolute atomic E-state index is 12.2. The molecule has 1 aliphatic rings. The maximum atomic E-state index is 12.2. The Kier molecular flexibility index (Phi) is 4.77. The van der Waals surface area contributed by atoms with Crippen LogP contribution in [0.2, 0.25) is 0 Å². The lowest BCUT2D eigenvalue weighted by atomic mass is 10.1. The van der Waals surface area contributed by atoms with Gasteiger partial charge < -0.3 is 24.9 Å². The predicted octanol–water partition coefficient (Wildman–Crippen LogP) is 1.58. The van der Waals surface area contributed by atoms with E-state index in [1.165, 1.54) is 6.39 Å². The van der Waals surface area contributed by atoms with Gasteiger partial charge in [-0.1, -0.05) is 0 Å². The van der Waals surface area contributed by atoms with Crippen molar-refractivity contribution in [3.63, 3.8) is 0 Å². The number of carbonyl (C=O) groups is 1. The van der Waals surface area contributed by atoms with E-state index in [0.717, 1.165) is 18.4 Å². The monoisotopic (exact) mass is 317 g/mol. The number of nitrogens with two attached hydrogens (primary N) is 1. The van der Waals surface area contributed by atoms with Crippen molar-refractivity contribution >= 4 is 5.91 Å². The van der Waals surface area contributed by atoms with Crippen LogP contribution in [0, 0.1) is 0 Å². The van der Waals surface area contributed by atoms with Gasteiger partial charge in [0.2, 0.25) is 0 Å². The van der Waals surface area contributed by atoms with E-state index in [1.54, 1.807) is 12.1 Å². The van der Waals surface area contributed by atoms with E-state index in [-0.39, 0.29) is 11.6 Å². The van der Waals surface area contributed by atoms with Crippen LogP contribution in [-0.4, -0.2) is 37.2 Å². The van der Waals surface area contributed by atoms with Crippen molar-refractivity contribution in [2.24, 2.45) is 5.73 Å². The topological polar surface area (TPSA) is 99.6 Å². The molecule has 23 heavy (non-hydrogen) atoms. The van der Waals surface area contributed by atoms with E-state index in [0.29, 0.717) is 43.6 Å². The SMILES string of the molecule is NCCCCNC(=O)c1ncoc1-c1ccc2c(c1)OCCO2. The van der Waals surface area contributed by atoms with Gasteiger partial charge in [-0.15, -0.1) is 0 Å². The van der Waals surface area contributed by atoms with Crippen molar-refractivity contribution in [3.8, 4) is 22.8 Å². The molecule has 2 heterocycles. The van der Waals surface area contributed by atoms with Crippen LogP contribution in [0.3, 0.4) is 0 Å². The van der Waals surface area contributed by atoms with Crippen molar-refractivity contribution in [1.82, 2.24) is 10.3 Å². The highest BCUT2D eigenvalue weighted by Gasteiger charge is 2.20. The molecule has 0 atom stereocenters. The summed E-state index contributed by atoms with van der Waals surface area (Å²) in [6.07, 6.45) is 2.97. The third-order valence-corrected chi connectivity index (χ3v) is 3.50. The maximum Gasteiger partial charge on any atom is 0.273 e. The molecular formula is C16H19N3O4. The second-order valence-electron chi connectivity index (χ2n) is 5.14. The molecule has 0 saturated carbocycles. The zero-order valence-corrected chi connectivity index (χ0v) is 12.7. The molecule has 1 aromatic carbocycles. The summed E-state index contributed by atoms with van der Waals surface area (Å²) in [5, 5.41) is 2.82. The van der Waals surface area contributed by atoms with E-state index in [1.807, 2.05) is 6.07 Å². The van der Waals surface area contributed by atoms with Gasteiger partial charge in [0.15, 0.2) is 29.3 Å². The predicted molar refractivity (Wildman–Crippen MR) is 83.6 cm³/mol. The lowest BCUT2D eigenvalue weighted by Crippen LogP contribution is -2.25. The molecule has 2 aromatic rings. The molecule has 3 rings (SSSR count). The van der Waals surface area contributed by atoms with Gasteiger partial charge in [0, 0.05) is 12.1 Å². The van der Waals surface area contributed by atoms with Gasteiger partial charge in [0.1, 0.15) is 13.2 Å². The summed E-state index contributed by atoms with van der Waals surface area (Å²) < 4.78 is 16.4. The van der Waals surface area contributed by atoms with E-state index >= 15 is 0 Å². The standard InChI is InChI=1S/C16H19N3O4/c17-5-1-2-6-18-16(20)14-15(23-10-19-14)11-3-4-12-13(9-11)22-8-7-21-12/h3-4,9-10H,1-2,5-8,17H2,(H,18,20). The van der Waals surface area contributed by atoms with Crippen LogP contribution in [0.15, 0.2) is 29.0 Å². The molecule has 1 amide bonds. The first-order valence-corrected chi connectivity index (χ1v) is 7.61. The normalized spacial score (nSPS) is 12.9. The van der Waals surface area contributed by atoms with E-state index in [9.17, 15) is 4.79 Å². The van der Waals surface area contributed by atoms with Crippen molar-refractivity contribution in [2.75, 3.05) is 26.3 Å². The Morgan fingerprint density at radius 2 is 2.04 bits per heavy atom.